The van der Waals surface area contributed by atoms with E-state index in [1.54, 1.807) is 0 Å². The molecule has 0 spiro atoms. The largest absolute Gasteiger partial charge is 0.340 e. The lowest BCUT2D eigenvalue weighted by molar-refractivity contribution is -0.140. The van der Waals surface area contributed by atoms with Gasteiger partial charge in [-0.05, 0) is 85.7 Å². The lowest BCUT2D eigenvalue weighted by Crippen LogP contribution is -2.25. The molecule has 0 saturated heterocycles. The Hall–Kier alpha value is -4.49. The SMILES string of the molecule is CCCCC(CC)Cn1c2ccc(C(=O)/C(=N\OC(C)=O)C3CC=CS3)cc2c2cc(C(=O)c3c(C)cc(C)cc3C)c3ccccc3c21. The second kappa shape index (κ2) is 14.6. The van der Waals surface area contributed by atoms with Crippen LogP contribution in [0.1, 0.15) is 95.8 Å². The van der Waals surface area contributed by atoms with Crippen LogP contribution in [0.3, 0.4) is 0 Å². The molecule has 0 fully saturated rings. The van der Waals surface area contributed by atoms with Gasteiger partial charge in [0, 0.05) is 51.8 Å². The Balaban J connectivity index is 1.61. The van der Waals surface area contributed by atoms with Crippen LogP contribution >= 0.6 is 11.8 Å². The van der Waals surface area contributed by atoms with Crippen LogP contribution < -0.4 is 0 Å². The summed E-state index contributed by atoms with van der Waals surface area (Å²) in [5, 5.41) is 9.55. The molecule has 4 aromatic carbocycles. The molecule has 252 valence electrons. The zero-order valence-corrected chi connectivity index (χ0v) is 30.1. The van der Waals surface area contributed by atoms with Gasteiger partial charge < -0.3 is 9.40 Å². The van der Waals surface area contributed by atoms with E-state index in [4.69, 9.17) is 4.84 Å². The minimum Gasteiger partial charge on any atom is -0.340 e. The number of fused-ring (bicyclic) bond motifs is 5. The van der Waals surface area contributed by atoms with Gasteiger partial charge in [0.15, 0.2) is 5.78 Å². The number of aromatic nitrogens is 1. The molecule has 6 nitrogen and oxygen atoms in total. The number of carbonyl (C=O) groups excluding carboxylic acids is 3. The van der Waals surface area contributed by atoms with E-state index in [0.717, 1.165) is 80.6 Å². The third-order valence-corrected chi connectivity index (χ3v) is 10.9. The summed E-state index contributed by atoms with van der Waals surface area (Å²) < 4.78 is 2.41. The number of Topliss-reactive ketones (excluding diaryl/α,β-unsaturated/α-hetero) is 1. The van der Waals surface area contributed by atoms with Gasteiger partial charge in [-0.3, -0.25) is 9.59 Å². The van der Waals surface area contributed by atoms with Gasteiger partial charge in [-0.15, -0.1) is 11.8 Å². The summed E-state index contributed by atoms with van der Waals surface area (Å²) in [5.41, 5.74) is 7.21. The van der Waals surface area contributed by atoms with E-state index in [0.29, 0.717) is 23.5 Å². The molecule has 0 N–H and O–H groups in total. The fraction of sp³-hybridized carbons (Fsp3) is 0.333. The minimum atomic E-state index is -0.573. The zero-order chi connectivity index (χ0) is 34.8. The standard InChI is InChI=1S/C42H44N2O4S/c1-7-9-13-29(8-2)24-44-36-18-17-30(41(46)39(43-48-28(6)45)37-16-12-19-49-37)22-33(36)34-23-35(31-14-10-11-15-32(31)40(34)44)42(47)38-26(4)20-25(3)21-27(38)5/h10-12,14-15,17-23,29,37H,7-9,13,16,24H2,1-6H3/b43-39-. The van der Waals surface area contributed by atoms with E-state index in [2.05, 4.69) is 54.8 Å². The zero-order valence-electron chi connectivity index (χ0n) is 29.3. The first-order chi connectivity index (χ1) is 23.6. The molecule has 2 atom stereocenters. The molecule has 2 unspecified atom stereocenters. The van der Waals surface area contributed by atoms with Crippen molar-refractivity contribution >= 4 is 67.6 Å². The molecule has 1 aromatic heterocycles. The first-order valence-corrected chi connectivity index (χ1v) is 18.3. The van der Waals surface area contributed by atoms with E-state index < -0.39 is 5.97 Å². The molecular formula is C42H44N2O4S. The van der Waals surface area contributed by atoms with Crippen molar-refractivity contribution in [1.82, 2.24) is 4.57 Å². The summed E-state index contributed by atoms with van der Waals surface area (Å²) >= 11 is 1.49. The number of aryl methyl sites for hydroxylation is 3. The van der Waals surface area contributed by atoms with Crippen molar-refractivity contribution in [3.8, 4) is 0 Å². The van der Waals surface area contributed by atoms with Crippen molar-refractivity contribution in [3.05, 3.63) is 106 Å². The molecule has 0 aliphatic carbocycles. The highest BCUT2D eigenvalue weighted by molar-refractivity contribution is 8.03. The Bertz CT molecular complexity index is 2140. The number of hydrogen-bond donors (Lipinski definition) is 0. The maximum atomic E-state index is 14.6. The van der Waals surface area contributed by atoms with Crippen LogP contribution in [-0.4, -0.2) is 33.1 Å². The van der Waals surface area contributed by atoms with E-state index in [1.807, 2.05) is 61.7 Å². The summed E-state index contributed by atoms with van der Waals surface area (Å²) in [6.07, 6.45) is 7.13. The van der Waals surface area contributed by atoms with Crippen molar-refractivity contribution in [2.45, 2.75) is 85.4 Å². The first-order valence-electron chi connectivity index (χ1n) is 17.3. The van der Waals surface area contributed by atoms with Gasteiger partial charge in [0.2, 0.25) is 5.78 Å². The van der Waals surface area contributed by atoms with Crippen LogP contribution in [0.5, 0.6) is 0 Å². The molecular weight excluding hydrogens is 629 g/mol. The summed E-state index contributed by atoms with van der Waals surface area (Å²) in [4.78, 5) is 45.4. The highest BCUT2D eigenvalue weighted by atomic mass is 32.2. The monoisotopic (exact) mass is 672 g/mol. The number of benzene rings is 4. The highest BCUT2D eigenvalue weighted by Crippen LogP contribution is 2.39. The number of oxime groups is 1. The molecule has 7 heteroatoms. The van der Waals surface area contributed by atoms with Crippen molar-refractivity contribution in [2.75, 3.05) is 0 Å². The molecule has 1 aliphatic heterocycles. The van der Waals surface area contributed by atoms with Crippen molar-refractivity contribution < 1.29 is 19.2 Å². The Morgan fingerprint density at radius 3 is 2.33 bits per heavy atom. The third kappa shape index (κ3) is 6.73. The average molecular weight is 673 g/mol. The van der Waals surface area contributed by atoms with Gasteiger partial charge in [-0.2, -0.15) is 0 Å². The number of allylic oxidation sites excluding steroid dienone is 1. The smallest absolute Gasteiger partial charge is 0.331 e. The van der Waals surface area contributed by atoms with Crippen molar-refractivity contribution in [3.63, 3.8) is 0 Å². The number of ketones is 2. The van der Waals surface area contributed by atoms with Crippen LogP contribution in [0.2, 0.25) is 0 Å². The molecule has 2 heterocycles. The van der Waals surface area contributed by atoms with Crippen LogP contribution in [0.4, 0.5) is 0 Å². The Morgan fingerprint density at radius 1 is 0.939 bits per heavy atom. The van der Waals surface area contributed by atoms with Gasteiger partial charge in [-0.1, -0.05) is 86.3 Å². The Morgan fingerprint density at radius 2 is 1.67 bits per heavy atom. The summed E-state index contributed by atoms with van der Waals surface area (Å²) in [5.74, 6) is -0.372. The summed E-state index contributed by atoms with van der Waals surface area (Å²) in [6, 6.07) is 20.2. The number of thioether (sulfide) groups is 1. The fourth-order valence-electron chi connectivity index (χ4n) is 7.40. The molecule has 0 radical (unpaired) electrons. The van der Waals surface area contributed by atoms with E-state index in [1.165, 1.54) is 25.1 Å². The van der Waals surface area contributed by atoms with Gasteiger partial charge in [0.05, 0.1) is 10.8 Å². The second-order valence-corrected chi connectivity index (χ2v) is 14.5. The van der Waals surface area contributed by atoms with Crippen molar-refractivity contribution in [2.24, 2.45) is 11.1 Å². The Labute approximate surface area is 292 Å². The molecule has 0 saturated carbocycles. The molecule has 1 aliphatic rings. The maximum Gasteiger partial charge on any atom is 0.331 e. The number of carbonyl (C=O) groups is 3. The quantitative estimate of drug-likeness (QED) is 0.0570. The van der Waals surface area contributed by atoms with Crippen LogP contribution in [-0.2, 0) is 16.2 Å². The first kappa shape index (κ1) is 34.4. The van der Waals surface area contributed by atoms with Gasteiger partial charge >= 0.3 is 5.97 Å². The van der Waals surface area contributed by atoms with Crippen LogP contribution in [0, 0.1) is 26.7 Å². The van der Waals surface area contributed by atoms with Gasteiger partial charge in [0.1, 0.15) is 5.71 Å². The molecule has 0 amide bonds. The molecule has 5 aromatic rings. The third-order valence-electron chi connectivity index (χ3n) is 9.76. The number of unbranched alkanes of at least 4 members (excludes halogenated alkanes) is 1. The topological polar surface area (TPSA) is 77.7 Å². The molecule has 6 rings (SSSR count). The van der Waals surface area contributed by atoms with Gasteiger partial charge in [-0.25, -0.2) is 4.79 Å². The van der Waals surface area contributed by atoms with Crippen LogP contribution in [0.15, 0.2) is 77.3 Å². The van der Waals surface area contributed by atoms with E-state index >= 15 is 0 Å². The van der Waals surface area contributed by atoms with E-state index in [-0.39, 0.29) is 22.5 Å². The van der Waals surface area contributed by atoms with Crippen LogP contribution in [0.25, 0.3) is 32.6 Å². The highest BCUT2D eigenvalue weighted by Gasteiger charge is 2.28. The lowest BCUT2D eigenvalue weighted by Gasteiger charge is -2.19. The van der Waals surface area contributed by atoms with Crippen molar-refractivity contribution in [1.29, 1.82) is 0 Å². The normalized spacial score (nSPS) is 15.4. The number of hydrogen-bond acceptors (Lipinski definition) is 6. The number of rotatable bonds is 12. The lowest BCUT2D eigenvalue weighted by atomic mass is 9.89. The average Bonchev–Trinajstić information content (AvgIpc) is 3.72. The molecule has 0 bridgehead atoms. The molecule has 49 heavy (non-hydrogen) atoms. The summed E-state index contributed by atoms with van der Waals surface area (Å²) in [7, 11) is 0. The second-order valence-electron chi connectivity index (χ2n) is 13.3. The minimum absolute atomic E-state index is 0.00262. The Kier molecular flexibility index (Phi) is 10.2. The fourth-order valence-corrected chi connectivity index (χ4v) is 8.31. The maximum absolute atomic E-state index is 14.6. The predicted octanol–water partition coefficient (Wildman–Crippen LogP) is 10.4. The van der Waals surface area contributed by atoms with Gasteiger partial charge in [0.25, 0.3) is 0 Å². The number of nitrogens with zero attached hydrogens (tertiary/aromatic N) is 2. The van der Waals surface area contributed by atoms with E-state index in [9.17, 15) is 14.4 Å². The summed E-state index contributed by atoms with van der Waals surface area (Å²) in [6.45, 7) is 12.7. The predicted molar refractivity (Wildman–Crippen MR) is 203 cm³/mol.